The molecule has 0 radical (unpaired) electrons. The van der Waals surface area contributed by atoms with Crippen LogP contribution < -0.4 is 4.72 Å². The minimum Gasteiger partial charge on any atom is -0.481 e. The first kappa shape index (κ1) is 20.8. The van der Waals surface area contributed by atoms with E-state index < -0.39 is 16.0 Å². The topological polar surface area (TPSA) is 92.7 Å². The van der Waals surface area contributed by atoms with Crippen molar-refractivity contribution >= 4 is 22.1 Å². The van der Waals surface area contributed by atoms with Gasteiger partial charge in [0.15, 0.2) is 0 Å². The van der Waals surface area contributed by atoms with E-state index in [2.05, 4.69) is 4.72 Å². The molecule has 0 amide bonds. The van der Waals surface area contributed by atoms with Gasteiger partial charge in [-0.15, -0.1) is 0 Å². The molecule has 2 saturated heterocycles. The number of allylic oxidation sites excluding steroid dienone is 2. The fourth-order valence-corrected chi connectivity index (χ4v) is 5.06. The second-order valence-corrected chi connectivity index (χ2v) is 8.95. The molecule has 2 fully saturated rings. The largest absolute Gasteiger partial charge is 0.481 e. The van der Waals surface area contributed by atoms with E-state index in [9.17, 15) is 13.2 Å². The summed E-state index contributed by atoms with van der Waals surface area (Å²) in [7, 11) is -3.57. The maximum absolute atomic E-state index is 12.5. The van der Waals surface area contributed by atoms with Crippen LogP contribution in [0.2, 0.25) is 0 Å². The summed E-state index contributed by atoms with van der Waals surface area (Å²) in [6.45, 7) is 0. The van der Waals surface area contributed by atoms with Gasteiger partial charge >= 0.3 is 5.97 Å². The van der Waals surface area contributed by atoms with Crippen LogP contribution in [0.4, 0.5) is 0 Å². The average Bonchev–Trinajstić information content (AvgIpc) is 3.26. The van der Waals surface area contributed by atoms with E-state index in [0.29, 0.717) is 12.8 Å². The van der Waals surface area contributed by atoms with E-state index in [1.165, 1.54) is 5.41 Å². The molecule has 2 N–H and O–H groups in total. The molecular weight excluding hydrogens is 378 g/mol. The van der Waals surface area contributed by atoms with E-state index in [1.807, 2.05) is 42.5 Å². The molecule has 4 atom stereocenters. The van der Waals surface area contributed by atoms with Crippen LogP contribution in [0.3, 0.4) is 0 Å². The summed E-state index contributed by atoms with van der Waals surface area (Å²) in [5, 5.41) is 9.88. The van der Waals surface area contributed by atoms with Gasteiger partial charge in [-0.1, -0.05) is 42.5 Å². The Morgan fingerprint density at radius 2 is 1.93 bits per heavy atom. The maximum atomic E-state index is 12.5. The second-order valence-electron chi connectivity index (χ2n) is 7.35. The molecule has 0 aromatic heterocycles. The zero-order chi connectivity index (χ0) is 20.0. The number of aliphatic carboxylic acids is 1. The molecule has 28 heavy (non-hydrogen) atoms. The summed E-state index contributed by atoms with van der Waals surface area (Å²) in [4.78, 5) is 10.5. The van der Waals surface area contributed by atoms with Crippen LogP contribution in [-0.2, 0) is 19.6 Å². The molecular formula is C21H27NO5S. The van der Waals surface area contributed by atoms with Gasteiger partial charge in [-0.25, -0.2) is 13.1 Å². The normalized spacial score (nSPS) is 27.1. The third kappa shape index (κ3) is 5.77. The highest BCUT2D eigenvalue weighted by molar-refractivity contribution is 7.92. The number of rotatable bonds is 10. The van der Waals surface area contributed by atoms with Crippen LogP contribution in [0.15, 0.2) is 47.9 Å². The Morgan fingerprint density at radius 3 is 2.68 bits per heavy atom. The average molecular weight is 406 g/mol. The number of benzene rings is 1. The predicted octanol–water partition coefficient (Wildman–Crippen LogP) is 3.32. The molecule has 2 bridgehead atoms. The summed E-state index contributed by atoms with van der Waals surface area (Å²) in [6, 6.07) is 9.09. The summed E-state index contributed by atoms with van der Waals surface area (Å²) >= 11 is 0. The van der Waals surface area contributed by atoms with Crippen molar-refractivity contribution in [3.63, 3.8) is 0 Å². The first-order valence-corrected chi connectivity index (χ1v) is 11.3. The Morgan fingerprint density at radius 1 is 1.18 bits per heavy atom. The molecule has 7 heteroatoms. The lowest BCUT2D eigenvalue weighted by Crippen LogP contribution is -2.46. The fraction of sp³-hybridized carbons (Fsp3) is 0.476. The number of ether oxygens (including phenoxy) is 1. The number of carboxylic acids is 1. The number of unbranched alkanes of at least 4 members (excludes halogenated alkanes) is 1. The van der Waals surface area contributed by atoms with E-state index in [0.717, 1.165) is 24.8 Å². The van der Waals surface area contributed by atoms with Crippen LogP contribution in [0, 0.1) is 5.92 Å². The molecule has 2 heterocycles. The van der Waals surface area contributed by atoms with Gasteiger partial charge in [0, 0.05) is 17.7 Å². The van der Waals surface area contributed by atoms with Gasteiger partial charge < -0.3 is 9.84 Å². The van der Waals surface area contributed by atoms with Crippen molar-refractivity contribution in [3.05, 3.63) is 53.5 Å². The van der Waals surface area contributed by atoms with E-state index in [1.54, 1.807) is 6.08 Å². The summed E-state index contributed by atoms with van der Waals surface area (Å²) < 4.78 is 33.8. The molecule has 4 unspecified atom stereocenters. The van der Waals surface area contributed by atoms with Crippen molar-refractivity contribution < 1.29 is 23.1 Å². The number of fused-ring (bicyclic) bond motifs is 2. The summed E-state index contributed by atoms with van der Waals surface area (Å²) in [5.74, 6) is -0.678. The fourth-order valence-electron chi connectivity index (χ4n) is 3.94. The van der Waals surface area contributed by atoms with Crippen LogP contribution in [0.1, 0.15) is 44.1 Å². The van der Waals surface area contributed by atoms with Crippen LogP contribution in [0.25, 0.3) is 6.08 Å². The van der Waals surface area contributed by atoms with Crippen LogP contribution in [0.5, 0.6) is 0 Å². The first-order valence-electron chi connectivity index (χ1n) is 9.72. The van der Waals surface area contributed by atoms with Crippen molar-refractivity contribution in [2.24, 2.45) is 5.92 Å². The molecule has 1 aromatic rings. The van der Waals surface area contributed by atoms with Gasteiger partial charge in [0.25, 0.3) is 0 Å². The SMILES string of the molecule is O=C(O)CCC/C=C/CC1C2CCC(O2)C1NS(=O)(=O)/C=C/c1ccccc1. The van der Waals surface area contributed by atoms with Crippen molar-refractivity contribution in [2.75, 3.05) is 0 Å². The van der Waals surface area contributed by atoms with Crippen LogP contribution in [-0.4, -0.2) is 37.7 Å². The number of sulfonamides is 1. The predicted molar refractivity (Wildman–Crippen MR) is 108 cm³/mol. The molecule has 3 rings (SSSR count). The van der Waals surface area contributed by atoms with Crippen LogP contribution >= 0.6 is 0 Å². The zero-order valence-electron chi connectivity index (χ0n) is 15.7. The van der Waals surface area contributed by atoms with Gasteiger partial charge in [-0.3, -0.25) is 4.79 Å². The Hall–Kier alpha value is -1.96. The summed E-state index contributed by atoms with van der Waals surface area (Å²) in [6.07, 6.45) is 9.65. The van der Waals surface area contributed by atoms with E-state index in [4.69, 9.17) is 9.84 Å². The highest BCUT2D eigenvalue weighted by Crippen LogP contribution is 2.41. The standard InChI is InChI=1S/C21H27NO5S/c23-20(24)11-7-2-1-6-10-17-18-12-13-19(27-18)21(17)22-28(25,26)15-14-16-8-4-3-5-9-16/h1,3-6,8-9,14-15,17-19,21-22H,2,7,10-13H2,(H,23,24)/b6-1+,15-14+. The molecule has 6 nitrogen and oxygen atoms in total. The van der Waals surface area contributed by atoms with Crippen molar-refractivity contribution in [1.82, 2.24) is 4.72 Å². The molecule has 152 valence electrons. The molecule has 0 aliphatic carbocycles. The number of carbonyl (C=O) groups is 1. The first-order chi connectivity index (χ1) is 13.4. The lowest BCUT2D eigenvalue weighted by molar-refractivity contribution is -0.137. The van der Waals surface area contributed by atoms with Gasteiger partial charge in [-0.05, 0) is 43.7 Å². The molecule has 0 spiro atoms. The Balaban J connectivity index is 1.57. The molecule has 1 aromatic carbocycles. The van der Waals surface area contributed by atoms with Gasteiger partial charge in [0.2, 0.25) is 10.0 Å². The Bertz CT molecular complexity index is 818. The monoisotopic (exact) mass is 405 g/mol. The van der Waals surface area contributed by atoms with E-state index in [-0.39, 0.29) is 30.6 Å². The van der Waals surface area contributed by atoms with Gasteiger partial charge in [0.05, 0.1) is 18.2 Å². The summed E-state index contributed by atoms with van der Waals surface area (Å²) in [5.41, 5.74) is 0.831. The molecule has 0 saturated carbocycles. The highest BCUT2D eigenvalue weighted by Gasteiger charge is 2.49. The van der Waals surface area contributed by atoms with E-state index >= 15 is 0 Å². The maximum Gasteiger partial charge on any atom is 0.303 e. The smallest absolute Gasteiger partial charge is 0.303 e. The third-order valence-electron chi connectivity index (χ3n) is 5.30. The molecule has 2 aliphatic heterocycles. The second kappa shape index (κ2) is 9.49. The Labute approximate surface area is 166 Å². The van der Waals surface area contributed by atoms with Crippen molar-refractivity contribution in [3.8, 4) is 0 Å². The minimum absolute atomic E-state index is 0.0738. The van der Waals surface area contributed by atoms with Crippen molar-refractivity contribution in [1.29, 1.82) is 0 Å². The van der Waals surface area contributed by atoms with Gasteiger partial charge in [0.1, 0.15) is 0 Å². The number of hydrogen-bond donors (Lipinski definition) is 2. The zero-order valence-corrected chi connectivity index (χ0v) is 16.6. The number of nitrogens with one attached hydrogen (secondary N) is 1. The van der Waals surface area contributed by atoms with Crippen molar-refractivity contribution in [2.45, 2.75) is 56.8 Å². The Kier molecular flexibility index (Phi) is 7.04. The quantitative estimate of drug-likeness (QED) is 0.460. The number of carboxylic acid groups (broad SMARTS) is 1. The third-order valence-corrected chi connectivity index (χ3v) is 6.40. The lowest BCUT2D eigenvalue weighted by atomic mass is 9.83. The van der Waals surface area contributed by atoms with Gasteiger partial charge in [-0.2, -0.15) is 0 Å². The molecule has 2 aliphatic rings. The lowest BCUT2D eigenvalue weighted by Gasteiger charge is -2.27. The number of hydrogen-bond acceptors (Lipinski definition) is 4. The highest BCUT2D eigenvalue weighted by atomic mass is 32.2. The minimum atomic E-state index is -3.57.